The van der Waals surface area contributed by atoms with Gasteiger partial charge in [0.25, 0.3) is 11.5 Å². The molecule has 6 nitrogen and oxygen atoms in total. The summed E-state index contributed by atoms with van der Waals surface area (Å²) in [6.07, 6.45) is 0.813. The summed E-state index contributed by atoms with van der Waals surface area (Å²) in [5.41, 5.74) is 0.198. The highest BCUT2D eigenvalue weighted by atomic mass is 16.2. The Morgan fingerprint density at radius 3 is 2.67 bits per heavy atom. The maximum atomic E-state index is 12.6. The average molecular weight is 292 g/mol. The van der Waals surface area contributed by atoms with Crippen LogP contribution < -0.4 is 5.56 Å². The first-order valence-corrected chi connectivity index (χ1v) is 7.48. The number of amides is 1. The van der Waals surface area contributed by atoms with Gasteiger partial charge in [-0.25, -0.2) is 4.68 Å². The van der Waals surface area contributed by atoms with Gasteiger partial charge in [0.05, 0.1) is 0 Å². The van der Waals surface area contributed by atoms with Crippen LogP contribution >= 0.6 is 0 Å². The number of aromatic nitrogens is 2. The number of carbonyl (C=O) groups excluding carboxylic acids is 1. The quantitative estimate of drug-likeness (QED) is 0.818. The van der Waals surface area contributed by atoms with Crippen molar-refractivity contribution in [2.75, 3.05) is 27.2 Å². The third-order valence-corrected chi connectivity index (χ3v) is 4.04. The molecule has 0 radical (unpaired) electrons. The van der Waals surface area contributed by atoms with Crippen LogP contribution in [0.2, 0.25) is 0 Å². The molecule has 0 unspecified atom stereocenters. The maximum absolute atomic E-state index is 12.6. The smallest absolute Gasteiger partial charge is 0.274 e. The van der Waals surface area contributed by atoms with Crippen molar-refractivity contribution in [3.63, 3.8) is 0 Å². The van der Waals surface area contributed by atoms with E-state index in [1.54, 1.807) is 0 Å². The second-order valence-corrected chi connectivity index (χ2v) is 6.00. The van der Waals surface area contributed by atoms with Gasteiger partial charge in [-0.3, -0.25) is 9.59 Å². The molecule has 1 saturated heterocycles. The van der Waals surface area contributed by atoms with Gasteiger partial charge in [0, 0.05) is 31.7 Å². The highest BCUT2D eigenvalue weighted by molar-refractivity contribution is 5.92. The summed E-state index contributed by atoms with van der Waals surface area (Å²) in [6, 6.07) is 3.33. The number of hydrogen-bond donors (Lipinski definition) is 0. The lowest BCUT2D eigenvalue weighted by Gasteiger charge is -2.22. The zero-order chi connectivity index (χ0) is 15.6. The molecule has 1 amide bonds. The molecule has 116 valence electrons. The van der Waals surface area contributed by atoms with E-state index in [4.69, 9.17) is 0 Å². The summed E-state index contributed by atoms with van der Waals surface area (Å²) in [5, 5.41) is 4.20. The summed E-state index contributed by atoms with van der Waals surface area (Å²) < 4.78 is 1.37. The van der Waals surface area contributed by atoms with E-state index in [9.17, 15) is 9.59 Å². The Hall–Kier alpha value is -1.69. The van der Waals surface area contributed by atoms with Gasteiger partial charge in [-0.15, -0.1) is 0 Å². The lowest BCUT2D eigenvalue weighted by molar-refractivity contribution is 0.0772. The van der Waals surface area contributed by atoms with Gasteiger partial charge in [-0.05, 0) is 32.5 Å². The number of hydrogen-bond acceptors (Lipinski definition) is 4. The van der Waals surface area contributed by atoms with Crippen LogP contribution in [0.4, 0.5) is 0 Å². The molecular weight excluding hydrogens is 268 g/mol. The van der Waals surface area contributed by atoms with Gasteiger partial charge >= 0.3 is 0 Å². The van der Waals surface area contributed by atoms with Crippen LogP contribution in [0.3, 0.4) is 0 Å². The Kier molecular flexibility index (Phi) is 4.77. The first-order valence-electron chi connectivity index (χ1n) is 7.48. The molecule has 1 aromatic rings. The Morgan fingerprint density at radius 1 is 1.38 bits per heavy atom. The van der Waals surface area contributed by atoms with E-state index in [-0.39, 0.29) is 11.5 Å². The van der Waals surface area contributed by atoms with Gasteiger partial charge < -0.3 is 9.80 Å². The van der Waals surface area contributed by atoms with Gasteiger partial charge in [0.1, 0.15) is 5.69 Å². The zero-order valence-electron chi connectivity index (χ0n) is 13.2. The van der Waals surface area contributed by atoms with Crippen molar-refractivity contribution in [1.82, 2.24) is 19.6 Å². The van der Waals surface area contributed by atoms with Gasteiger partial charge in [0.2, 0.25) is 0 Å². The van der Waals surface area contributed by atoms with Crippen LogP contribution in [0, 0.1) is 5.92 Å². The van der Waals surface area contributed by atoms with Crippen molar-refractivity contribution >= 4 is 5.91 Å². The van der Waals surface area contributed by atoms with Gasteiger partial charge in [-0.2, -0.15) is 5.10 Å². The number of rotatable bonds is 4. The fraction of sp³-hybridized carbons (Fsp3) is 0.667. The molecule has 1 aromatic heterocycles. The lowest BCUT2D eigenvalue weighted by Crippen LogP contribution is -2.36. The summed E-state index contributed by atoms with van der Waals surface area (Å²) in [5.74, 6) is 0.349. The van der Waals surface area contributed by atoms with Crippen LogP contribution in [0.1, 0.15) is 30.8 Å². The van der Waals surface area contributed by atoms with Crippen LogP contribution in [-0.2, 0) is 6.54 Å². The number of aryl methyl sites for hydroxylation is 1. The second-order valence-electron chi connectivity index (χ2n) is 6.00. The highest BCUT2D eigenvalue weighted by Gasteiger charge is 2.34. The van der Waals surface area contributed by atoms with E-state index >= 15 is 0 Å². The van der Waals surface area contributed by atoms with E-state index in [2.05, 4.69) is 16.9 Å². The molecular formula is C15H24N4O2. The number of likely N-dealkylation sites (N-methyl/N-ethyl adjacent to an activating group) is 1. The molecule has 2 rings (SSSR count). The second kappa shape index (κ2) is 6.39. The van der Waals surface area contributed by atoms with Crippen molar-refractivity contribution in [2.45, 2.75) is 32.9 Å². The Labute approximate surface area is 125 Å². The van der Waals surface area contributed by atoms with Crippen LogP contribution in [0.25, 0.3) is 0 Å². The van der Waals surface area contributed by atoms with Crippen molar-refractivity contribution in [2.24, 2.45) is 5.92 Å². The minimum Gasteiger partial charge on any atom is -0.335 e. The van der Waals surface area contributed by atoms with Crippen LogP contribution in [-0.4, -0.2) is 58.7 Å². The first kappa shape index (κ1) is 15.7. The number of nitrogens with zero attached hydrogens (tertiary/aromatic N) is 4. The molecule has 0 bridgehead atoms. The molecule has 0 saturated carbocycles. The third kappa shape index (κ3) is 3.32. The molecule has 0 aromatic carbocycles. The van der Waals surface area contributed by atoms with Crippen molar-refractivity contribution in [3.05, 3.63) is 28.2 Å². The average Bonchev–Trinajstić information content (AvgIpc) is 2.83. The van der Waals surface area contributed by atoms with Gasteiger partial charge in [-0.1, -0.05) is 13.8 Å². The molecule has 21 heavy (non-hydrogen) atoms. The molecule has 1 fully saturated rings. The monoisotopic (exact) mass is 292 g/mol. The molecule has 2 atom stereocenters. The summed E-state index contributed by atoms with van der Waals surface area (Å²) >= 11 is 0. The van der Waals surface area contributed by atoms with E-state index in [1.165, 1.54) is 16.8 Å². The fourth-order valence-corrected chi connectivity index (χ4v) is 2.88. The predicted molar refractivity (Wildman–Crippen MR) is 81.3 cm³/mol. The van der Waals surface area contributed by atoms with E-state index < -0.39 is 0 Å². The van der Waals surface area contributed by atoms with Crippen molar-refractivity contribution in [3.8, 4) is 0 Å². The number of carbonyl (C=O) groups is 1. The largest absolute Gasteiger partial charge is 0.335 e. The summed E-state index contributed by atoms with van der Waals surface area (Å²) in [6.45, 7) is 6.12. The fourth-order valence-electron chi connectivity index (χ4n) is 2.88. The third-order valence-electron chi connectivity index (χ3n) is 4.04. The van der Waals surface area contributed by atoms with Crippen molar-refractivity contribution in [1.29, 1.82) is 0 Å². The summed E-state index contributed by atoms with van der Waals surface area (Å²) in [7, 11) is 4.07. The Balaban J connectivity index is 2.17. The van der Waals surface area contributed by atoms with E-state index in [0.717, 1.165) is 13.0 Å². The first-order chi connectivity index (χ1) is 9.93. The molecule has 0 N–H and O–H groups in total. The van der Waals surface area contributed by atoms with E-state index in [1.807, 2.05) is 25.9 Å². The Morgan fingerprint density at radius 2 is 2.10 bits per heavy atom. The van der Waals surface area contributed by atoms with Crippen molar-refractivity contribution < 1.29 is 4.79 Å². The minimum atomic E-state index is -0.158. The highest BCUT2D eigenvalue weighted by Crippen LogP contribution is 2.21. The molecule has 1 aliphatic rings. The Bertz CT molecular complexity index is 567. The molecule has 6 heteroatoms. The predicted octanol–water partition coefficient (Wildman–Crippen LogP) is 0.675. The topological polar surface area (TPSA) is 58.4 Å². The van der Waals surface area contributed by atoms with Crippen LogP contribution in [0.15, 0.2) is 16.9 Å². The SMILES string of the molecule is CCCn1nc(C(=O)N2C[C@@H](N(C)C)[C@@H](C)C2)ccc1=O. The molecule has 0 aliphatic carbocycles. The molecule has 1 aliphatic heterocycles. The number of likely N-dealkylation sites (tertiary alicyclic amines) is 1. The van der Waals surface area contributed by atoms with Crippen LogP contribution in [0.5, 0.6) is 0 Å². The standard InChI is InChI=1S/C15H24N4O2/c1-5-8-19-14(20)7-6-12(16-19)15(21)18-9-11(2)13(10-18)17(3)4/h6-7,11,13H,5,8-10H2,1-4H3/t11-,13+/m0/s1. The zero-order valence-corrected chi connectivity index (χ0v) is 13.2. The molecule has 0 spiro atoms. The van der Waals surface area contributed by atoms with Gasteiger partial charge in [0.15, 0.2) is 0 Å². The maximum Gasteiger partial charge on any atom is 0.274 e. The minimum absolute atomic E-state index is 0.0870. The van der Waals surface area contributed by atoms with E-state index in [0.29, 0.717) is 30.7 Å². The molecule has 2 heterocycles. The summed E-state index contributed by atoms with van der Waals surface area (Å²) in [4.78, 5) is 28.2. The lowest BCUT2D eigenvalue weighted by atomic mass is 10.1. The normalized spacial score (nSPS) is 22.0.